The van der Waals surface area contributed by atoms with Gasteiger partial charge < -0.3 is 16.4 Å². The molecular formula is C12H17FN4O2. The fourth-order valence-corrected chi connectivity index (χ4v) is 1.65. The molecule has 1 aromatic heterocycles. The van der Waals surface area contributed by atoms with E-state index in [1.807, 2.05) is 0 Å². The number of hydrogen-bond donors (Lipinski definition) is 3. The zero-order valence-corrected chi connectivity index (χ0v) is 11.1. The SMILES string of the molecule is CNc1nccc(C(=O)NC(C)(C)CC(N)=O)c1F. The van der Waals surface area contributed by atoms with Crippen molar-refractivity contribution in [3.63, 3.8) is 0 Å². The molecule has 0 bridgehead atoms. The number of amides is 2. The van der Waals surface area contributed by atoms with E-state index in [0.717, 1.165) is 0 Å². The second-order valence-corrected chi connectivity index (χ2v) is 4.75. The number of carbonyl (C=O) groups is 2. The number of rotatable bonds is 5. The standard InChI is InChI=1S/C12H17FN4O2/c1-12(2,6-8(14)18)17-11(19)7-4-5-16-10(15-3)9(7)13/h4-5H,6H2,1-3H3,(H2,14,18)(H,15,16)(H,17,19). The van der Waals surface area contributed by atoms with Crippen LogP contribution in [0.25, 0.3) is 0 Å². The van der Waals surface area contributed by atoms with Crippen molar-refractivity contribution in [3.05, 3.63) is 23.6 Å². The largest absolute Gasteiger partial charge is 0.371 e. The Morgan fingerprint density at radius 2 is 2.11 bits per heavy atom. The van der Waals surface area contributed by atoms with Crippen LogP contribution in [0.5, 0.6) is 0 Å². The molecule has 0 aliphatic rings. The maximum absolute atomic E-state index is 13.9. The third-order valence-electron chi connectivity index (χ3n) is 2.44. The van der Waals surface area contributed by atoms with Gasteiger partial charge in [0.05, 0.1) is 5.56 Å². The molecule has 0 saturated carbocycles. The molecule has 0 unspecified atom stereocenters. The monoisotopic (exact) mass is 268 g/mol. The van der Waals surface area contributed by atoms with Crippen molar-refractivity contribution in [1.29, 1.82) is 0 Å². The number of primary amides is 1. The molecular weight excluding hydrogens is 251 g/mol. The van der Waals surface area contributed by atoms with Crippen LogP contribution in [0.15, 0.2) is 12.3 Å². The van der Waals surface area contributed by atoms with Crippen LogP contribution < -0.4 is 16.4 Å². The van der Waals surface area contributed by atoms with Gasteiger partial charge in [-0.3, -0.25) is 9.59 Å². The fourth-order valence-electron chi connectivity index (χ4n) is 1.65. The van der Waals surface area contributed by atoms with Gasteiger partial charge in [-0.15, -0.1) is 0 Å². The average molecular weight is 268 g/mol. The van der Waals surface area contributed by atoms with Crippen LogP contribution in [0.1, 0.15) is 30.6 Å². The lowest BCUT2D eigenvalue weighted by molar-refractivity contribution is -0.119. The van der Waals surface area contributed by atoms with E-state index < -0.39 is 23.2 Å². The summed E-state index contributed by atoms with van der Waals surface area (Å²) < 4.78 is 13.9. The Hall–Kier alpha value is -2.18. The zero-order valence-electron chi connectivity index (χ0n) is 11.1. The van der Waals surface area contributed by atoms with Crippen molar-refractivity contribution in [3.8, 4) is 0 Å². The lowest BCUT2D eigenvalue weighted by atomic mass is 9.99. The minimum absolute atomic E-state index is 0.0136. The number of anilines is 1. The number of hydrogen-bond acceptors (Lipinski definition) is 4. The lowest BCUT2D eigenvalue weighted by Gasteiger charge is -2.24. The van der Waals surface area contributed by atoms with Crippen molar-refractivity contribution in [2.24, 2.45) is 5.73 Å². The Balaban J connectivity index is 2.93. The molecule has 2 amide bonds. The van der Waals surface area contributed by atoms with Crippen LogP contribution in [0, 0.1) is 5.82 Å². The number of pyridine rings is 1. The number of nitrogens with one attached hydrogen (secondary N) is 2. The second kappa shape index (κ2) is 5.64. The molecule has 0 saturated heterocycles. The van der Waals surface area contributed by atoms with Gasteiger partial charge in [-0.05, 0) is 19.9 Å². The van der Waals surface area contributed by atoms with Crippen LogP contribution in [0.3, 0.4) is 0 Å². The minimum Gasteiger partial charge on any atom is -0.371 e. The molecule has 6 nitrogen and oxygen atoms in total. The number of nitrogens with two attached hydrogens (primary N) is 1. The summed E-state index contributed by atoms with van der Waals surface area (Å²) in [6.07, 6.45) is 1.29. The molecule has 1 aromatic rings. The first-order chi connectivity index (χ1) is 8.76. The molecule has 1 rings (SSSR count). The van der Waals surface area contributed by atoms with Gasteiger partial charge in [0, 0.05) is 25.2 Å². The van der Waals surface area contributed by atoms with Crippen LogP contribution in [0.4, 0.5) is 10.2 Å². The molecule has 104 valence electrons. The highest BCUT2D eigenvalue weighted by Crippen LogP contribution is 2.16. The number of carbonyl (C=O) groups excluding carboxylic acids is 2. The third kappa shape index (κ3) is 3.90. The molecule has 0 spiro atoms. The smallest absolute Gasteiger partial charge is 0.254 e. The number of aromatic nitrogens is 1. The summed E-state index contributed by atoms with van der Waals surface area (Å²) in [4.78, 5) is 26.6. The molecule has 0 radical (unpaired) electrons. The Morgan fingerprint density at radius 1 is 1.47 bits per heavy atom. The van der Waals surface area contributed by atoms with E-state index in [2.05, 4.69) is 15.6 Å². The molecule has 4 N–H and O–H groups in total. The molecule has 0 fully saturated rings. The van der Waals surface area contributed by atoms with E-state index in [4.69, 9.17) is 5.73 Å². The first kappa shape index (κ1) is 14.9. The predicted octanol–water partition coefficient (Wildman–Crippen LogP) is 0.646. The van der Waals surface area contributed by atoms with Crippen molar-refractivity contribution in [2.45, 2.75) is 25.8 Å². The maximum atomic E-state index is 13.9. The van der Waals surface area contributed by atoms with Crippen LogP contribution in [-0.4, -0.2) is 29.4 Å². The first-order valence-corrected chi connectivity index (χ1v) is 5.70. The van der Waals surface area contributed by atoms with Gasteiger partial charge in [0.15, 0.2) is 11.6 Å². The lowest BCUT2D eigenvalue weighted by Crippen LogP contribution is -2.46. The van der Waals surface area contributed by atoms with E-state index in [9.17, 15) is 14.0 Å². The van der Waals surface area contributed by atoms with Crippen molar-refractivity contribution >= 4 is 17.6 Å². The molecule has 1 heterocycles. The normalized spacial score (nSPS) is 10.9. The topological polar surface area (TPSA) is 97.1 Å². The molecule has 0 aliphatic carbocycles. The van der Waals surface area contributed by atoms with E-state index in [1.54, 1.807) is 13.8 Å². The first-order valence-electron chi connectivity index (χ1n) is 5.70. The molecule has 0 aliphatic heterocycles. The summed E-state index contributed by atoms with van der Waals surface area (Å²) in [6, 6.07) is 1.27. The highest BCUT2D eigenvalue weighted by Gasteiger charge is 2.25. The van der Waals surface area contributed by atoms with E-state index >= 15 is 0 Å². The summed E-state index contributed by atoms with van der Waals surface area (Å²) >= 11 is 0. The summed E-state index contributed by atoms with van der Waals surface area (Å²) in [7, 11) is 1.50. The summed E-state index contributed by atoms with van der Waals surface area (Å²) in [5.41, 5.74) is 4.09. The van der Waals surface area contributed by atoms with Crippen LogP contribution >= 0.6 is 0 Å². The fraction of sp³-hybridized carbons (Fsp3) is 0.417. The van der Waals surface area contributed by atoms with Crippen molar-refractivity contribution < 1.29 is 14.0 Å². The van der Waals surface area contributed by atoms with Gasteiger partial charge >= 0.3 is 0 Å². The molecule has 7 heteroatoms. The minimum atomic E-state index is -0.849. The Bertz CT molecular complexity index is 503. The average Bonchev–Trinajstić information content (AvgIpc) is 2.26. The third-order valence-corrected chi connectivity index (χ3v) is 2.44. The predicted molar refractivity (Wildman–Crippen MR) is 69.1 cm³/mol. The van der Waals surface area contributed by atoms with E-state index in [0.29, 0.717) is 0 Å². The molecule has 0 aromatic carbocycles. The number of nitrogens with zero attached hydrogens (tertiary/aromatic N) is 1. The van der Waals surface area contributed by atoms with Crippen LogP contribution in [-0.2, 0) is 4.79 Å². The zero-order chi connectivity index (χ0) is 14.6. The van der Waals surface area contributed by atoms with Gasteiger partial charge in [0.1, 0.15) is 0 Å². The van der Waals surface area contributed by atoms with Gasteiger partial charge in [0.2, 0.25) is 5.91 Å². The highest BCUT2D eigenvalue weighted by molar-refractivity contribution is 5.96. The Labute approximate surface area is 110 Å². The highest BCUT2D eigenvalue weighted by atomic mass is 19.1. The van der Waals surface area contributed by atoms with E-state index in [-0.39, 0.29) is 17.8 Å². The van der Waals surface area contributed by atoms with Crippen molar-refractivity contribution in [2.75, 3.05) is 12.4 Å². The number of halogens is 1. The molecule has 0 atom stereocenters. The molecule has 19 heavy (non-hydrogen) atoms. The van der Waals surface area contributed by atoms with Gasteiger partial charge in [0.25, 0.3) is 5.91 Å². The Kier molecular flexibility index (Phi) is 4.42. The maximum Gasteiger partial charge on any atom is 0.254 e. The van der Waals surface area contributed by atoms with Crippen molar-refractivity contribution in [1.82, 2.24) is 10.3 Å². The van der Waals surface area contributed by atoms with Crippen LogP contribution in [0.2, 0.25) is 0 Å². The van der Waals surface area contributed by atoms with Gasteiger partial charge in [-0.25, -0.2) is 9.37 Å². The van der Waals surface area contributed by atoms with Gasteiger partial charge in [-0.1, -0.05) is 0 Å². The Morgan fingerprint density at radius 3 is 2.63 bits per heavy atom. The summed E-state index contributed by atoms with van der Waals surface area (Å²) in [5.74, 6) is -1.92. The quantitative estimate of drug-likeness (QED) is 0.730. The summed E-state index contributed by atoms with van der Waals surface area (Å²) in [6.45, 7) is 3.27. The van der Waals surface area contributed by atoms with Gasteiger partial charge in [-0.2, -0.15) is 0 Å². The van der Waals surface area contributed by atoms with E-state index in [1.165, 1.54) is 19.3 Å². The summed E-state index contributed by atoms with van der Waals surface area (Å²) in [5, 5.41) is 5.11. The second-order valence-electron chi connectivity index (χ2n) is 4.75.